The van der Waals surface area contributed by atoms with Crippen LogP contribution in [0.5, 0.6) is 11.5 Å². The molecule has 0 aliphatic carbocycles. The average Bonchev–Trinajstić information content (AvgIpc) is 2.60. The largest absolute Gasteiger partial charge is 0.493 e. The van der Waals surface area contributed by atoms with Crippen molar-refractivity contribution in [2.24, 2.45) is 0 Å². The molecule has 0 spiro atoms. The molecule has 0 saturated heterocycles. The van der Waals surface area contributed by atoms with Gasteiger partial charge in [-0.15, -0.1) is 0 Å². The lowest BCUT2D eigenvalue weighted by Crippen LogP contribution is -2.22. The van der Waals surface area contributed by atoms with Crippen LogP contribution < -0.4 is 14.8 Å². The van der Waals surface area contributed by atoms with Gasteiger partial charge in [-0.25, -0.2) is 0 Å². The van der Waals surface area contributed by atoms with E-state index in [1.165, 1.54) is 19.2 Å². The van der Waals surface area contributed by atoms with E-state index in [1.54, 1.807) is 18.2 Å². The minimum Gasteiger partial charge on any atom is -0.493 e. The predicted octanol–water partition coefficient (Wildman–Crippen LogP) is 4.04. The van der Waals surface area contributed by atoms with Crippen LogP contribution >= 0.6 is 0 Å². The lowest BCUT2D eigenvalue weighted by Gasteiger charge is -2.11. The monoisotopic (exact) mass is 353 g/mol. The molecular weight excluding hydrogens is 335 g/mol. The highest BCUT2D eigenvalue weighted by molar-refractivity contribution is 5.94. The Morgan fingerprint density at radius 3 is 2.32 bits per heavy atom. The number of ether oxygens (including phenoxy) is 2. The molecular formula is C18H18F3NO3. The third-order valence-corrected chi connectivity index (χ3v) is 3.46. The van der Waals surface area contributed by atoms with Gasteiger partial charge in [0.2, 0.25) is 0 Å². The molecule has 0 atom stereocenters. The summed E-state index contributed by atoms with van der Waals surface area (Å²) in [5.41, 5.74) is 0.213. The van der Waals surface area contributed by atoms with Crippen molar-refractivity contribution in [3.05, 3.63) is 59.2 Å². The van der Waals surface area contributed by atoms with Crippen molar-refractivity contribution in [2.75, 3.05) is 13.7 Å². The van der Waals surface area contributed by atoms with Crippen molar-refractivity contribution in [2.45, 2.75) is 19.6 Å². The summed E-state index contributed by atoms with van der Waals surface area (Å²) in [6, 6.07) is 9.42. The van der Waals surface area contributed by atoms with E-state index in [2.05, 4.69) is 5.32 Å². The van der Waals surface area contributed by atoms with E-state index in [4.69, 9.17) is 9.47 Å². The molecule has 0 bridgehead atoms. The molecule has 0 unspecified atom stereocenters. The molecule has 4 nitrogen and oxygen atoms in total. The zero-order valence-corrected chi connectivity index (χ0v) is 13.8. The standard InChI is InChI=1S/C18H18F3NO3/c1-3-25-15-9-6-13(10-16(15)24-2)17(23)22-11-12-4-7-14(8-5-12)18(19,20)21/h4-10H,3,11H2,1-2H3,(H,22,23). The molecule has 2 aromatic rings. The summed E-state index contributed by atoms with van der Waals surface area (Å²) >= 11 is 0. The number of hydrogen-bond donors (Lipinski definition) is 1. The maximum Gasteiger partial charge on any atom is 0.416 e. The van der Waals surface area contributed by atoms with Gasteiger partial charge in [0.15, 0.2) is 11.5 Å². The van der Waals surface area contributed by atoms with E-state index in [9.17, 15) is 18.0 Å². The predicted molar refractivity (Wildman–Crippen MR) is 86.8 cm³/mol. The summed E-state index contributed by atoms with van der Waals surface area (Å²) in [6.07, 6.45) is -4.37. The van der Waals surface area contributed by atoms with Crippen LogP contribution in [0.25, 0.3) is 0 Å². The van der Waals surface area contributed by atoms with Crippen LogP contribution in [0.3, 0.4) is 0 Å². The average molecular weight is 353 g/mol. The number of amides is 1. The molecule has 2 aromatic carbocycles. The van der Waals surface area contributed by atoms with Crippen LogP contribution in [0.15, 0.2) is 42.5 Å². The molecule has 0 radical (unpaired) electrons. The smallest absolute Gasteiger partial charge is 0.416 e. The van der Waals surface area contributed by atoms with Crippen molar-refractivity contribution < 1.29 is 27.4 Å². The summed E-state index contributed by atoms with van der Waals surface area (Å²) in [5.74, 6) is 0.606. The van der Waals surface area contributed by atoms with E-state index in [-0.39, 0.29) is 12.5 Å². The van der Waals surface area contributed by atoms with Crippen molar-refractivity contribution in [3.63, 3.8) is 0 Å². The molecule has 0 aromatic heterocycles. The van der Waals surface area contributed by atoms with Crippen LogP contribution in [0, 0.1) is 0 Å². The first-order chi connectivity index (χ1) is 11.8. The molecule has 25 heavy (non-hydrogen) atoms. The van der Waals surface area contributed by atoms with Crippen LogP contribution in [-0.2, 0) is 12.7 Å². The van der Waals surface area contributed by atoms with Crippen molar-refractivity contribution >= 4 is 5.91 Å². The molecule has 1 N–H and O–H groups in total. The van der Waals surface area contributed by atoms with Crippen LogP contribution in [0.2, 0.25) is 0 Å². The van der Waals surface area contributed by atoms with E-state index >= 15 is 0 Å². The Labute approximate surface area is 143 Å². The summed E-state index contributed by atoms with van der Waals surface area (Å²) in [7, 11) is 1.47. The number of carbonyl (C=O) groups excluding carboxylic acids is 1. The first kappa shape index (κ1) is 18.6. The minimum absolute atomic E-state index is 0.118. The van der Waals surface area contributed by atoms with Gasteiger partial charge in [-0.1, -0.05) is 12.1 Å². The van der Waals surface area contributed by atoms with Crippen molar-refractivity contribution in [1.82, 2.24) is 5.32 Å². The van der Waals surface area contributed by atoms with Gasteiger partial charge in [0.25, 0.3) is 5.91 Å². The Balaban J connectivity index is 2.02. The van der Waals surface area contributed by atoms with Crippen LogP contribution in [0.1, 0.15) is 28.4 Å². The first-order valence-corrected chi connectivity index (χ1v) is 7.60. The zero-order chi connectivity index (χ0) is 18.4. The van der Waals surface area contributed by atoms with Gasteiger partial charge in [0.1, 0.15) is 0 Å². The Morgan fingerprint density at radius 1 is 1.08 bits per heavy atom. The second-order valence-corrected chi connectivity index (χ2v) is 5.18. The van der Waals surface area contributed by atoms with Gasteiger partial charge in [0.05, 0.1) is 19.3 Å². The molecule has 134 valence electrons. The summed E-state index contributed by atoms with van der Waals surface area (Å²) in [4.78, 5) is 12.2. The lowest BCUT2D eigenvalue weighted by atomic mass is 10.1. The van der Waals surface area contributed by atoms with E-state index in [1.807, 2.05) is 6.92 Å². The first-order valence-electron chi connectivity index (χ1n) is 7.60. The fourth-order valence-electron chi connectivity index (χ4n) is 2.18. The van der Waals surface area contributed by atoms with Crippen LogP contribution in [0.4, 0.5) is 13.2 Å². The van der Waals surface area contributed by atoms with Crippen LogP contribution in [-0.4, -0.2) is 19.6 Å². The molecule has 0 heterocycles. The summed E-state index contributed by atoms with van der Waals surface area (Å²) in [5, 5.41) is 2.66. The van der Waals surface area contributed by atoms with Gasteiger partial charge in [0, 0.05) is 12.1 Å². The number of benzene rings is 2. The fourth-order valence-corrected chi connectivity index (χ4v) is 2.18. The number of carbonyl (C=O) groups is 1. The number of hydrogen-bond acceptors (Lipinski definition) is 3. The maximum atomic E-state index is 12.5. The highest BCUT2D eigenvalue weighted by Crippen LogP contribution is 2.29. The Bertz CT molecular complexity index is 727. The molecule has 2 rings (SSSR count). The van der Waals surface area contributed by atoms with E-state index in [0.717, 1.165) is 12.1 Å². The number of rotatable bonds is 6. The third kappa shape index (κ3) is 4.89. The Hall–Kier alpha value is -2.70. The van der Waals surface area contributed by atoms with Gasteiger partial charge in [-0.05, 0) is 42.8 Å². The molecule has 7 heteroatoms. The van der Waals surface area contributed by atoms with Crippen molar-refractivity contribution in [3.8, 4) is 11.5 Å². The van der Waals surface area contributed by atoms with E-state index < -0.39 is 11.7 Å². The number of halogens is 3. The second-order valence-electron chi connectivity index (χ2n) is 5.18. The zero-order valence-electron chi connectivity index (χ0n) is 13.8. The van der Waals surface area contributed by atoms with E-state index in [0.29, 0.717) is 29.2 Å². The quantitative estimate of drug-likeness (QED) is 0.853. The normalized spacial score (nSPS) is 11.1. The molecule has 0 saturated carbocycles. The molecule has 0 aliphatic rings. The summed E-state index contributed by atoms with van der Waals surface area (Å²) < 4.78 is 48.1. The van der Waals surface area contributed by atoms with Gasteiger partial charge in [-0.3, -0.25) is 4.79 Å². The fraction of sp³-hybridized carbons (Fsp3) is 0.278. The van der Waals surface area contributed by atoms with Crippen molar-refractivity contribution in [1.29, 1.82) is 0 Å². The highest BCUT2D eigenvalue weighted by Gasteiger charge is 2.29. The third-order valence-electron chi connectivity index (χ3n) is 3.46. The SMILES string of the molecule is CCOc1ccc(C(=O)NCc2ccc(C(F)(F)F)cc2)cc1OC. The maximum absolute atomic E-state index is 12.5. The lowest BCUT2D eigenvalue weighted by molar-refractivity contribution is -0.137. The van der Waals surface area contributed by atoms with Gasteiger partial charge < -0.3 is 14.8 Å². The second kappa shape index (κ2) is 7.92. The molecule has 0 aliphatic heterocycles. The Kier molecular flexibility index (Phi) is 5.90. The minimum atomic E-state index is -4.37. The Morgan fingerprint density at radius 2 is 1.76 bits per heavy atom. The summed E-state index contributed by atoms with van der Waals surface area (Å²) in [6.45, 7) is 2.42. The number of nitrogens with one attached hydrogen (secondary N) is 1. The highest BCUT2D eigenvalue weighted by atomic mass is 19.4. The number of methoxy groups -OCH3 is 1. The molecule has 0 fully saturated rings. The molecule has 1 amide bonds. The number of alkyl halides is 3. The van der Waals surface area contributed by atoms with Gasteiger partial charge >= 0.3 is 6.18 Å². The topological polar surface area (TPSA) is 47.6 Å². The van der Waals surface area contributed by atoms with Gasteiger partial charge in [-0.2, -0.15) is 13.2 Å².